The molecule has 72 valence electrons. The molecule has 0 aliphatic heterocycles. The maximum absolute atomic E-state index is 11.2. The van der Waals surface area contributed by atoms with E-state index in [1.54, 1.807) is 0 Å². The highest BCUT2D eigenvalue weighted by molar-refractivity contribution is 5.84. The van der Waals surface area contributed by atoms with Gasteiger partial charge >= 0.3 is 0 Å². The number of carbonyl (C=O) groups excluding carboxylic acids is 1. The van der Waals surface area contributed by atoms with E-state index in [-0.39, 0.29) is 18.4 Å². The molecular weight excluding hydrogens is 154 g/mol. The van der Waals surface area contributed by atoms with E-state index >= 15 is 0 Å². The normalized spacial score (nSPS) is 13.4. The Bertz CT molecular complexity index is 134. The Morgan fingerprint density at radius 1 is 1.50 bits per heavy atom. The summed E-state index contributed by atoms with van der Waals surface area (Å²) in [5.74, 6) is 0.469. The average Bonchev–Trinajstić information content (AvgIpc) is 1.98. The van der Waals surface area contributed by atoms with Crippen LogP contribution in [0.15, 0.2) is 0 Å². The Morgan fingerprint density at radius 2 is 2.08 bits per heavy atom. The zero-order valence-corrected chi connectivity index (χ0v) is 8.17. The highest BCUT2D eigenvalue weighted by atomic mass is 16.5. The quantitative estimate of drug-likeness (QED) is 0.651. The molecule has 0 fully saturated rings. The third-order valence-corrected chi connectivity index (χ3v) is 1.59. The van der Waals surface area contributed by atoms with Crippen LogP contribution in [0.3, 0.4) is 0 Å². The minimum absolute atomic E-state index is 0.00514. The van der Waals surface area contributed by atoms with Gasteiger partial charge in [-0.25, -0.2) is 0 Å². The number of ketones is 1. The molecule has 0 radical (unpaired) electrons. The lowest BCUT2D eigenvalue weighted by atomic mass is 10.0. The molecule has 0 aromatic carbocycles. The Hall–Kier alpha value is -0.410. The van der Waals surface area contributed by atoms with Gasteiger partial charge in [0.15, 0.2) is 5.78 Å². The molecule has 0 rings (SSSR count). The summed E-state index contributed by atoms with van der Waals surface area (Å²) in [6.45, 7) is 6.69. The van der Waals surface area contributed by atoms with E-state index in [2.05, 4.69) is 0 Å². The van der Waals surface area contributed by atoms with Crippen LogP contribution < -0.4 is 5.73 Å². The molecule has 3 heteroatoms. The van der Waals surface area contributed by atoms with Crippen molar-refractivity contribution in [3.8, 4) is 0 Å². The van der Waals surface area contributed by atoms with Gasteiger partial charge in [-0.2, -0.15) is 0 Å². The molecule has 0 aromatic rings. The lowest BCUT2D eigenvalue weighted by Crippen LogP contribution is -2.34. The maximum Gasteiger partial charge on any atom is 0.175 e. The molecular formula is C9H19NO2. The largest absolute Gasteiger partial charge is 0.374 e. The van der Waals surface area contributed by atoms with Gasteiger partial charge < -0.3 is 10.5 Å². The van der Waals surface area contributed by atoms with Gasteiger partial charge in [0.1, 0.15) is 6.61 Å². The van der Waals surface area contributed by atoms with Gasteiger partial charge in [-0.1, -0.05) is 13.8 Å². The molecule has 1 atom stereocenters. The third-order valence-electron chi connectivity index (χ3n) is 1.59. The molecule has 0 spiro atoms. The zero-order valence-electron chi connectivity index (χ0n) is 8.17. The van der Waals surface area contributed by atoms with Gasteiger partial charge in [0.05, 0.1) is 6.04 Å². The van der Waals surface area contributed by atoms with Crippen LogP contribution >= 0.6 is 0 Å². The highest BCUT2D eigenvalue weighted by Gasteiger charge is 2.14. The molecule has 0 saturated heterocycles. The summed E-state index contributed by atoms with van der Waals surface area (Å²) in [5.41, 5.74) is 5.63. The number of nitrogens with two attached hydrogens (primary N) is 1. The Kier molecular flexibility index (Phi) is 5.93. The predicted octanol–water partition coefficient (Wildman–Crippen LogP) is 0.965. The number of rotatable bonds is 6. The van der Waals surface area contributed by atoms with Gasteiger partial charge in [0, 0.05) is 6.61 Å². The summed E-state index contributed by atoms with van der Waals surface area (Å²) in [7, 11) is 0. The lowest BCUT2D eigenvalue weighted by Gasteiger charge is -2.12. The molecule has 0 aliphatic rings. The monoisotopic (exact) mass is 173 g/mol. The van der Waals surface area contributed by atoms with E-state index in [0.29, 0.717) is 12.5 Å². The van der Waals surface area contributed by atoms with Crippen molar-refractivity contribution in [3.05, 3.63) is 0 Å². The molecule has 0 amide bonds. The van der Waals surface area contributed by atoms with Crippen LogP contribution in [0.4, 0.5) is 0 Å². The average molecular weight is 173 g/mol. The second-order valence-electron chi connectivity index (χ2n) is 3.34. The van der Waals surface area contributed by atoms with E-state index in [1.807, 2.05) is 20.8 Å². The maximum atomic E-state index is 11.2. The summed E-state index contributed by atoms with van der Waals surface area (Å²) < 4.78 is 4.97. The van der Waals surface area contributed by atoms with Crippen LogP contribution in [-0.4, -0.2) is 25.0 Å². The topological polar surface area (TPSA) is 52.3 Å². The molecule has 0 aliphatic carbocycles. The molecule has 3 nitrogen and oxygen atoms in total. The summed E-state index contributed by atoms with van der Waals surface area (Å²) in [6, 6.07) is -0.350. The first-order valence-corrected chi connectivity index (χ1v) is 4.44. The van der Waals surface area contributed by atoms with Crippen LogP contribution in [0.2, 0.25) is 0 Å². The Labute approximate surface area is 74.3 Å². The van der Waals surface area contributed by atoms with Gasteiger partial charge in [-0.05, 0) is 19.3 Å². The number of hydrogen-bond acceptors (Lipinski definition) is 3. The fraction of sp³-hybridized carbons (Fsp3) is 0.889. The molecule has 2 N–H and O–H groups in total. The molecule has 0 bridgehead atoms. The first-order chi connectivity index (χ1) is 5.57. The fourth-order valence-electron chi connectivity index (χ4n) is 0.949. The van der Waals surface area contributed by atoms with Crippen molar-refractivity contribution in [2.45, 2.75) is 33.2 Å². The summed E-state index contributed by atoms with van der Waals surface area (Å²) in [6.07, 6.45) is 0.742. The number of hydrogen-bond donors (Lipinski definition) is 1. The molecule has 0 aromatic heterocycles. The summed E-state index contributed by atoms with van der Waals surface area (Å²) in [5, 5.41) is 0. The molecule has 1 unspecified atom stereocenters. The molecule has 0 heterocycles. The van der Waals surface area contributed by atoms with Crippen molar-refractivity contribution < 1.29 is 9.53 Å². The van der Waals surface area contributed by atoms with Crippen molar-refractivity contribution in [2.75, 3.05) is 13.2 Å². The summed E-state index contributed by atoms with van der Waals surface area (Å²) >= 11 is 0. The van der Waals surface area contributed by atoms with Crippen molar-refractivity contribution in [1.29, 1.82) is 0 Å². The van der Waals surface area contributed by atoms with Gasteiger partial charge in [-0.15, -0.1) is 0 Å². The molecule has 0 saturated carbocycles. The predicted molar refractivity (Wildman–Crippen MR) is 48.9 cm³/mol. The second kappa shape index (κ2) is 6.14. The first-order valence-electron chi connectivity index (χ1n) is 4.44. The minimum Gasteiger partial charge on any atom is -0.374 e. The van der Waals surface area contributed by atoms with Gasteiger partial charge in [0.25, 0.3) is 0 Å². The van der Waals surface area contributed by atoms with Gasteiger partial charge in [0.2, 0.25) is 0 Å². The SMILES string of the molecule is CCOCC(=O)C(N)CC(C)C. The highest BCUT2D eigenvalue weighted by Crippen LogP contribution is 2.03. The zero-order chi connectivity index (χ0) is 9.56. The number of Topliss-reactive ketones (excluding diaryl/α,β-unsaturated/α-hetero) is 1. The van der Waals surface area contributed by atoms with E-state index in [1.165, 1.54) is 0 Å². The third kappa shape index (κ3) is 5.27. The van der Waals surface area contributed by atoms with E-state index in [0.717, 1.165) is 6.42 Å². The van der Waals surface area contributed by atoms with E-state index < -0.39 is 0 Å². The smallest absolute Gasteiger partial charge is 0.175 e. The molecule has 12 heavy (non-hydrogen) atoms. The van der Waals surface area contributed by atoms with E-state index in [9.17, 15) is 4.79 Å². The van der Waals surface area contributed by atoms with E-state index in [4.69, 9.17) is 10.5 Å². The second-order valence-corrected chi connectivity index (χ2v) is 3.34. The Morgan fingerprint density at radius 3 is 2.50 bits per heavy atom. The van der Waals surface area contributed by atoms with Crippen molar-refractivity contribution >= 4 is 5.78 Å². The van der Waals surface area contributed by atoms with Crippen LogP contribution in [-0.2, 0) is 9.53 Å². The van der Waals surface area contributed by atoms with Crippen LogP contribution in [0.1, 0.15) is 27.2 Å². The Balaban J connectivity index is 3.61. The van der Waals surface area contributed by atoms with Crippen LogP contribution in [0, 0.1) is 5.92 Å². The number of carbonyl (C=O) groups is 1. The van der Waals surface area contributed by atoms with Crippen molar-refractivity contribution in [2.24, 2.45) is 11.7 Å². The van der Waals surface area contributed by atoms with Crippen LogP contribution in [0.25, 0.3) is 0 Å². The van der Waals surface area contributed by atoms with Crippen LogP contribution in [0.5, 0.6) is 0 Å². The summed E-state index contributed by atoms with van der Waals surface area (Å²) in [4.78, 5) is 11.2. The lowest BCUT2D eigenvalue weighted by molar-refractivity contribution is -0.125. The van der Waals surface area contributed by atoms with Gasteiger partial charge in [-0.3, -0.25) is 4.79 Å². The number of ether oxygens (including phenoxy) is 1. The van der Waals surface area contributed by atoms with Crippen molar-refractivity contribution in [3.63, 3.8) is 0 Å². The minimum atomic E-state index is -0.350. The van der Waals surface area contributed by atoms with Crippen molar-refractivity contribution in [1.82, 2.24) is 0 Å². The standard InChI is InChI=1S/C9H19NO2/c1-4-12-6-9(11)8(10)5-7(2)3/h7-8H,4-6,10H2,1-3H3. The fourth-order valence-corrected chi connectivity index (χ4v) is 0.949. The first kappa shape index (κ1) is 11.6.